The van der Waals surface area contributed by atoms with Crippen LogP contribution in [-0.2, 0) is 15.7 Å². The van der Waals surface area contributed by atoms with Crippen LogP contribution in [0.15, 0.2) is 0 Å². The molecule has 0 radical (unpaired) electrons. The second-order valence-electron chi connectivity index (χ2n) is 7.39. The Bertz CT molecular complexity index is 348. The summed E-state index contributed by atoms with van der Waals surface area (Å²) in [4.78, 5) is 24.8. The normalized spacial score (nSPS) is 20.9. The second-order valence-corrected chi connectivity index (χ2v) is 16.6. The molecule has 1 saturated heterocycles. The Morgan fingerprint density at radius 3 is 1.40 bits per heavy atom. The minimum atomic E-state index is -3.65. The van der Waals surface area contributed by atoms with Gasteiger partial charge in [0.25, 0.3) is 0 Å². The van der Waals surface area contributed by atoms with Crippen molar-refractivity contribution in [2.75, 3.05) is 0 Å². The van der Waals surface area contributed by atoms with E-state index in [0.29, 0.717) is 12.8 Å². The molecule has 0 unspecified atom stereocenters. The van der Waals surface area contributed by atoms with E-state index in [1.807, 2.05) is 0 Å². The summed E-state index contributed by atoms with van der Waals surface area (Å²) in [7, 11) is 0. The summed E-state index contributed by atoms with van der Waals surface area (Å²) in [6.07, 6.45) is 13.9. The first-order valence-electron chi connectivity index (χ1n) is 10.6. The molecule has 0 aliphatic carbocycles. The molecule has 1 rings (SSSR count). The van der Waals surface area contributed by atoms with E-state index in [2.05, 4.69) is 13.8 Å². The molecule has 0 atom stereocenters. The molecule has 0 amide bonds. The zero-order valence-electron chi connectivity index (χ0n) is 16.4. The van der Waals surface area contributed by atoms with Gasteiger partial charge in [0.15, 0.2) is 0 Å². The molecule has 0 aromatic carbocycles. The Labute approximate surface area is 159 Å². The molecule has 0 aromatic heterocycles. The van der Waals surface area contributed by atoms with Gasteiger partial charge in [-0.2, -0.15) is 0 Å². The summed E-state index contributed by atoms with van der Waals surface area (Å²) in [6, 6.07) is 0. The molecule has 0 aromatic rings. The number of carbonyl (C=O) groups excluding carboxylic acids is 2. The molecule has 25 heavy (non-hydrogen) atoms. The fraction of sp³-hybridized carbons (Fsp3) is 0.900. The summed E-state index contributed by atoms with van der Waals surface area (Å²) >= 11 is -3.65. The molecular weight excluding hydrogens is 423 g/mol. The van der Waals surface area contributed by atoms with Crippen LogP contribution in [0.4, 0.5) is 0 Å². The van der Waals surface area contributed by atoms with Crippen LogP contribution in [-0.4, -0.2) is 31.1 Å². The number of hydrogen-bond acceptors (Lipinski definition) is 4. The summed E-state index contributed by atoms with van der Waals surface area (Å²) in [5.41, 5.74) is 0. The SMILES string of the molecule is CCC[CH2][Sn]1([CH2]CCC)[O]C(=O)CCCCCCCCCCC(=O)[O]1. The summed E-state index contributed by atoms with van der Waals surface area (Å²) in [5.74, 6) is -0.239. The molecule has 1 heterocycles. The average molecular weight is 461 g/mol. The first-order valence-corrected chi connectivity index (χ1v) is 16.9. The van der Waals surface area contributed by atoms with Crippen LogP contribution in [0, 0.1) is 0 Å². The van der Waals surface area contributed by atoms with Crippen LogP contribution in [0.3, 0.4) is 0 Å². The van der Waals surface area contributed by atoms with Gasteiger partial charge in [-0.15, -0.1) is 0 Å². The predicted octanol–water partition coefficient (Wildman–Crippen LogP) is 6.03. The van der Waals surface area contributed by atoms with Crippen molar-refractivity contribution in [1.82, 2.24) is 0 Å². The molecule has 5 heteroatoms. The maximum atomic E-state index is 12.4. The average Bonchev–Trinajstić information content (AvgIpc) is 2.59. The van der Waals surface area contributed by atoms with Crippen molar-refractivity contribution in [2.45, 2.75) is 113 Å². The van der Waals surface area contributed by atoms with Crippen LogP contribution >= 0.6 is 0 Å². The maximum absolute atomic E-state index is 12.4. The fourth-order valence-electron chi connectivity index (χ4n) is 3.36. The van der Waals surface area contributed by atoms with E-state index in [1.54, 1.807) is 0 Å². The molecule has 0 saturated carbocycles. The van der Waals surface area contributed by atoms with Crippen LogP contribution in [0.1, 0.15) is 104 Å². The van der Waals surface area contributed by atoms with Crippen LogP contribution in [0.2, 0.25) is 8.87 Å². The number of rotatable bonds is 6. The van der Waals surface area contributed by atoms with E-state index in [9.17, 15) is 9.59 Å². The molecule has 4 nitrogen and oxygen atoms in total. The van der Waals surface area contributed by atoms with Crippen molar-refractivity contribution >= 4 is 31.1 Å². The van der Waals surface area contributed by atoms with E-state index in [4.69, 9.17) is 6.15 Å². The summed E-state index contributed by atoms with van der Waals surface area (Å²) < 4.78 is 13.7. The van der Waals surface area contributed by atoms with Crippen molar-refractivity contribution in [3.8, 4) is 0 Å². The molecule has 0 spiro atoms. The van der Waals surface area contributed by atoms with E-state index >= 15 is 0 Å². The Kier molecular flexibility index (Phi) is 12.6. The third-order valence-corrected chi connectivity index (χ3v) is 14.7. The van der Waals surface area contributed by atoms with Gasteiger partial charge in [-0.05, 0) is 0 Å². The summed E-state index contributed by atoms with van der Waals surface area (Å²) in [6.45, 7) is 4.27. The van der Waals surface area contributed by atoms with E-state index in [0.717, 1.165) is 60.2 Å². The zero-order valence-corrected chi connectivity index (χ0v) is 19.3. The third-order valence-electron chi connectivity index (χ3n) is 4.93. The second kappa shape index (κ2) is 13.9. The van der Waals surface area contributed by atoms with Gasteiger partial charge in [-0.1, -0.05) is 0 Å². The monoisotopic (exact) mass is 462 g/mol. The van der Waals surface area contributed by atoms with Gasteiger partial charge in [0.2, 0.25) is 0 Å². The molecule has 0 N–H and O–H groups in total. The van der Waals surface area contributed by atoms with Gasteiger partial charge < -0.3 is 0 Å². The Hall–Kier alpha value is -0.261. The van der Waals surface area contributed by atoms with Gasteiger partial charge in [0.05, 0.1) is 0 Å². The molecular formula is C20H38O4Sn. The Morgan fingerprint density at radius 2 is 1.04 bits per heavy atom. The molecule has 0 bridgehead atoms. The van der Waals surface area contributed by atoms with Crippen molar-refractivity contribution in [3.05, 3.63) is 0 Å². The Morgan fingerprint density at radius 1 is 0.680 bits per heavy atom. The number of hydrogen-bond donors (Lipinski definition) is 0. The zero-order chi connectivity index (χ0) is 18.4. The Balaban J connectivity index is 2.82. The van der Waals surface area contributed by atoms with Gasteiger partial charge >= 0.3 is 159 Å². The first kappa shape index (κ1) is 22.8. The molecule has 1 aliphatic heterocycles. The van der Waals surface area contributed by atoms with Crippen molar-refractivity contribution in [2.24, 2.45) is 0 Å². The van der Waals surface area contributed by atoms with Crippen LogP contribution in [0.5, 0.6) is 0 Å². The fourth-order valence-corrected chi connectivity index (χ4v) is 13.4. The number of carbonyl (C=O) groups is 2. The minimum absolute atomic E-state index is 0.120. The predicted molar refractivity (Wildman–Crippen MR) is 104 cm³/mol. The third kappa shape index (κ3) is 10.5. The van der Waals surface area contributed by atoms with Crippen molar-refractivity contribution in [1.29, 1.82) is 0 Å². The molecule has 1 aliphatic rings. The van der Waals surface area contributed by atoms with Crippen LogP contribution < -0.4 is 0 Å². The summed E-state index contributed by atoms with van der Waals surface area (Å²) in [5, 5.41) is 0. The van der Waals surface area contributed by atoms with Crippen molar-refractivity contribution in [3.63, 3.8) is 0 Å². The van der Waals surface area contributed by atoms with Crippen molar-refractivity contribution < 1.29 is 15.7 Å². The standard InChI is InChI=1S/C12H22O4.2C4H9.Sn/c13-11(14)9-7-5-3-1-2-4-6-8-10-12(15)16;2*1-3-4-2;/h1-10H2,(H,13,14)(H,15,16);2*1,3-4H2,2H3;/q;;;+2/p-2. The van der Waals surface area contributed by atoms with Gasteiger partial charge in [-0.25, -0.2) is 0 Å². The number of unbranched alkanes of at least 4 members (excludes halogenated alkanes) is 2. The van der Waals surface area contributed by atoms with E-state index < -0.39 is 19.2 Å². The van der Waals surface area contributed by atoms with Gasteiger partial charge in [0.1, 0.15) is 0 Å². The van der Waals surface area contributed by atoms with E-state index in [-0.39, 0.29) is 11.9 Å². The first-order chi connectivity index (χ1) is 12.1. The molecule has 146 valence electrons. The van der Waals surface area contributed by atoms with Crippen LogP contribution in [0.25, 0.3) is 0 Å². The molecule has 1 fully saturated rings. The van der Waals surface area contributed by atoms with Gasteiger partial charge in [-0.3, -0.25) is 0 Å². The topological polar surface area (TPSA) is 52.6 Å². The van der Waals surface area contributed by atoms with Gasteiger partial charge in [0, 0.05) is 0 Å². The quantitative estimate of drug-likeness (QED) is 0.454. The van der Waals surface area contributed by atoms with E-state index in [1.165, 1.54) is 25.7 Å².